The Morgan fingerprint density at radius 1 is 0.420 bits per heavy atom. The van der Waals surface area contributed by atoms with Crippen LogP contribution in [0.4, 0.5) is 0 Å². The zero-order valence-corrected chi connectivity index (χ0v) is 44.3. The zero-order chi connectivity index (χ0) is 50.2. The SMILES string of the molecule is C/C=C/C/C=C/CCOC(CCC(=O)OCCCCCCN(CCCCO)CCCCCCOC(=O)CCC(OCC/C=C/C/C=C/CC)OCC/C=C/C/C=C/CC)OCC/C=C/C/C=C/CC. The van der Waals surface area contributed by atoms with Crippen LogP contribution in [0.25, 0.3) is 0 Å². The lowest BCUT2D eigenvalue weighted by atomic mass is 10.1. The molecule has 0 saturated carbocycles. The standard InChI is InChI=1S/C59H101NO9/c1-5-9-13-17-21-27-39-53-67-58(66-52-38-26-20-16-12-8-4)44-42-56(62)64-50-36-30-24-32-46-60(48-34-35-49-61)47-33-25-31-37-51-65-57(63)43-45-59(68-54-40-28-22-18-14-10-6-2)69-55-41-29-23-19-15-11-7-3/h8-15,20-23,26-29,58-59,61H,5-7,16-19,24-25,30-55H2,1-4H3/b12-8+,13-9+,14-10+,15-11+,26-20+,27-21+,28-22+,29-23+. The molecular formula is C59H101NO9. The second-order valence-electron chi connectivity index (χ2n) is 17.2. The molecule has 0 aliphatic carbocycles. The van der Waals surface area contributed by atoms with Crippen molar-refractivity contribution in [2.75, 3.05) is 65.9 Å². The highest BCUT2D eigenvalue weighted by molar-refractivity contribution is 5.69. The molecule has 69 heavy (non-hydrogen) atoms. The van der Waals surface area contributed by atoms with Crippen LogP contribution in [-0.2, 0) is 38.0 Å². The van der Waals surface area contributed by atoms with Gasteiger partial charge in [-0.2, -0.15) is 0 Å². The van der Waals surface area contributed by atoms with Gasteiger partial charge in [-0.25, -0.2) is 0 Å². The lowest BCUT2D eigenvalue weighted by molar-refractivity contribution is -0.158. The van der Waals surface area contributed by atoms with Crippen LogP contribution in [0.3, 0.4) is 0 Å². The average molecular weight is 968 g/mol. The van der Waals surface area contributed by atoms with Crippen molar-refractivity contribution in [1.82, 2.24) is 4.90 Å². The van der Waals surface area contributed by atoms with E-state index in [2.05, 4.69) is 117 Å². The average Bonchev–Trinajstić information content (AvgIpc) is 3.35. The first-order chi connectivity index (χ1) is 34.0. The predicted octanol–water partition coefficient (Wildman–Crippen LogP) is 14.4. The van der Waals surface area contributed by atoms with Crippen LogP contribution in [0, 0.1) is 0 Å². The van der Waals surface area contributed by atoms with E-state index in [1.807, 2.05) is 13.0 Å². The third-order valence-electron chi connectivity index (χ3n) is 10.9. The van der Waals surface area contributed by atoms with Gasteiger partial charge in [0, 0.05) is 19.4 Å². The minimum atomic E-state index is -0.432. The Morgan fingerprint density at radius 3 is 1.10 bits per heavy atom. The highest BCUT2D eigenvalue weighted by Crippen LogP contribution is 2.12. The van der Waals surface area contributed by atoms with E-state index in [0.717, 1.165) is 154 Å². The molecule has 0 aromatic carbocycles. The molecule has 0 amide bonds. The number of carbonyl (C=O) groups is 2. The summed E-state index contributed by atoms with van der Waals surface area (Å²) in [6, 6.07) is 0. The van der Waals surface area contributed by atoms with Crippen LogP contribution < -0.4 is 0 Å². The van der Waals surface area contributed by atoms with Gasteiger partial charge in [-0.15, -0.1) is 0 Å². The molecular weight excluding hydrogens is 867 g/mol. The number of aliphatic hydroxyl groups is 1. The van der Waals surface area contributed by atoms with Crippen molar-refractivity contribution in [2.24, 2.45) is 0 Å². The first kappa shape index (κ1) is 65.6. The summed E-state index contributed by atoms with van der Waals surface area (Å²) in [6.07, 6.45) is 54.8. The van der Waals surface area contributed by atoms with Crippen LogP contribution in [0.15, 0.2) is 97.2 Å². The number of ether oxygens (including phenoxy) is 6. The summed E-state index contributed by atoms with van der Waals surface area (Å²) in [5, 5.41) is 9.36. The minimum absolute atomic E-state index is 0.202. The molecule has 10 heteroatoms. The normalized spacial score (nSPS) is 13.1. The molecule has 0 aromatic heterocycles. The second kappa shape index (κ2) is 55.5. The van der Waals surface area contributed by atoms with Gasteiger partial charge in [0.25, 0.3) is 0 Å². The molecule has 1 N–H and O–H groups in total. The lowest BCUT2D eigenvalue weighted by Crippen LogP contribution is -2.27. The van der Waals surface area contributed by atoms with Crippen LogP contribution in [0.1, 0.15) is 188 Å². The predicted molar refractivity (Wildman–Crippen MR) is 288 cm³/mol. The number of esters is 2. The van der Waals surface area contributed by atoms with Crippen LogP contribution >= 0.6 is 0 Å². The Hall–Kier alpha value is -3.38. The van der Waals surface area contributed by atoms with Gasteiger partial charge in [-0.05, 0) is 136 Å². The van der Waals surface area contributed by atoms with Crippen molar-refractivity contribution in [1.29, 1.82) is 0 Å². The van der Waals surface area contributed by atoms with Crippen molar-refractivity contribution in [3.8, 4) is 0 Å². The molecule has 0 radical (unpaired) electrons. The van der Waals surface area contributed by atoms with Gasteiger partial charge in [0.1, 0.15) is 0 Å². The fourth-order valence-corrected chi connectivity index (χ4v) is 6.95. The van der Waals surface area contributed by atoms with Gasteiger partial charge in [0.05, 0.1) is 52.5 Å². The van der Waals surface area contributed by atoms with Crippen LogP contribution in [-0.4, -0.2) is 100 Å². The van der Waals surface area contributed by atoms with E-state index < -0.39 is 12.6 Å². The quantitative estimate of drug-likeness (QED) is 0.0274. The Bertz CT molecular complexity index is 1340. The van der Waals surface area contributed by atoms with Gasteiger partial charge >= 0.3 is 11.9 Å². The summed E-state index contributed by atoms with van der Waals surface area (Å²) in [5.74, 6) is -0.406. The third kappa shape index (κ3) is 50.8. The van der Waals surface area contributed by atoms with E-state index in [9.17, 15) is 14.7 Å². The topological polar surface area (TPSA) is 113 Å². The van der Waals surface area contributed by atoms with Gasteiger partial charge in [0.2, 0.25) is 0 Å². The molecule has 0 spiro atoms. The molecule has 0 bridgehead atoms. The number of carbonyl (C=O) groups excluding carboxylic acids is 2. The monoisotopic (exact) mass is 968 g/mol. The molecule has 0 rings (SSSR count). The molecule has 0 aliphatic heterocycles. The maximum absolute atomic E-state index is 12.6. The molecule has 1 unspecified atom stereocenters. The summed E-state index contributed by atoms with van der Waals surface area (Å²) < 4.78 is 35.3. The van der Waals surface area contributed by atoms with E-state index >= 15 is 0 Å². The summed E-state index contributed by atoms with van der Waals surface area (Å²) in [6.45, 7) is 14.7. The van der Waals surface area contributed by atoms with Crippen molar-refractivity contribution >= 4 is 11.9 Å². The highest BCUT2D eigenvalue weighted by Gasteiger charge is 2.15. The van der Waals surface area contributed by atoms with Gasteiger partial charge in [-0.1, -0.05) is 144 Å². The number of nitrogens with zero attached hydrogens (tertiary/aromatic N) is 1. The van der Waals surface area contributed by atoms with E-state index in [0.29, 0.717) is 52.5 Å². The van der Waals surface area contributed by atoms with Crippen molar-refractivity contribution in [3.63, 3.8) is 0 Å². The van der Waals surface area contributed by atoms with Gasteiger partial charge in [-0.3, -0.25) is 9.59 Å². The maximum Gasteiger partial charge on any atom is 0.305 e. The van der Waals surface area contributed by atoms with Gasteiger partial charge < -0.3 is 38.4 Å². The molecule has 0 saturated heterocycles. The fourth-order valence-electron chi connectivity index (χ4n) is 6.95. The minimum Gasteiger partial charge on any atom is -0.466 e. The number of allylic oxidation sites excluding steroid dienone is 12. The molecule has 0 fully saturated rings. The number of rotatable bonds is 51. The summed E-state index contributed by atoms with van der Waals surface area (Å²) in [7, 11) is 0. The number of hydrogen-bond donors (Lipinski definition) is 1. The smallest absolute Gasteiger partial charge is 0.305 e. The number of hydrogen-bond acceptors (Lipinski definition) is 10. The summed E-state index contributed by atoms with van der Waals surface area (Å²) >= 11 is 0. The maximum atomic E-state index is 12.6. The summed E-state index contributed by atoms with van der Waals surface area (Å²) in [5.41, 5.74) is 0. The number of unbranched alkanes of at least 4 members (excludes halogenated alkanes) is 7. The molecule has 10 nitrogen and oxygen atoms in total. The Kier molecular flexibility index (Phi) is 52.8. The van der Waals surface area contributed by atoms with Crippen molar-refractivity contribution in [3.05, 3.63) is 97.2 Å². The first-order valence-electron chi connectivity index (χ1n) is 27.3. The largest absolute Gasteiger partial charge is 0.466 e. The number of aliphatic hydroxyl groups excluding tert-OH is 1. The fraction of sp³-hybridized carbons (Fsp3) is 0.695. The van der Waals surface area contributed by atoms with E-state index in [1.54, 1.807) is 0 Å². The van der Waals surface area contributed by atoms with E-state index in [1.165, 1.54) is 0 Å². The molecule has 1 atom stereocenters. The zero-order valence-electron chi connectivity index (χ0n) is 44.3. The summed E-state index contributed by atoms with van der Waals surface area (Å²) in [4.78, 5) is 27.7. The Morgan fingerprint density at radius 2 is 0.754 bits per heavy atom. The van der Waals surface area contributed by atoms with E-state index in [-0.39, 0.29) is 31.4 Å². The molecule has 0 aliphatic rings. The Labute approximate surface area is 422 Å². The molecule has 0 aromatic rings. The van der Waals surface area contributed by atoms with Gasteiger partial charge in [0.15, 0.2) is 12.6 Å². The lowest BCUT2D eigenvalue weighted by Gasteiger charge is -2.22. The van der Waals surface area contributed by atoms with E-state index in [4.69, 9.17) is 28.4 Å². The third-order valence-corrected chi connectivity index (χ3v) is 10.9. The first-order valence-corrected chi connectivity index (χ1v) is 27.3. The molecule has 396 valence electrons. The Balaban J connectivity index is 4.49. The van der Waals surface area contributed by atoms with Crippen molar-refractivity contribution < 1.29 is 43.1 Å². The van der Waals surface area contributed by atoms with Crippen molar-refractivity contribution in [2.45, 2.75) is 201 Å². The van der Waals surface area contributed by atoms with Crippen LogP contribution in [0.2, 0.25) is 0 Å². The second-order valence-corrected chi connectivity index (χ2v) is 17.2. The van der Waals surface area contributed by atoms with Crippen LogP contribution in [0.5, 0.6) is 0 Å². The molecule has 0 heterocycles. The highest BCUT2D eigenvalue weighted by atomic mass is 16.7.